The molecule has 0 bridgehead atoms. The molecule has 304 valence electrons. The SMILES string of the molecule is C1=Cc2cc3c(cc2N(c2nc(-c4ccccc4)nc(-c4ccccc4)n2)c2ccc(-c4ccc5c(c4)c4ccccc4n5-c4ccccc4)cc21)c1ccccc1n3-c1ccccc1. The van der Waals surface area contributed by atoms with Crippen LogP contribution in [0.5, 0.6) is 0 Å². The summed E-state index contributed by atoms with van der Waals surface area (Å²) in [5.74, 6) is 1.75. The van der Waals surface area contributed by atoms with Crippen LogP contribution in [0.25, 0.3) is 101 Å². The van der Waals surface area contributed by atoms with E-state index in [0.717, 1.165) is 72.5 Å². The second-order valence-electron chi connectivity index (χ2n) is 16.5. The highest BCUT2D eigenvalue weighted by molar-refractivity contribution is 6.13. The van der Waals surface area contributed by atoms with Crippen LogP contribution in [0, 0.1) is 0 Å². The smallest absolute Gasteiger partial charge is 0.238 e. The summed E-state index contributed by atoms with van der Waals surface area (Å²) in [5, 5.41) is 4.76. The Morgan fingerprint density at radius 2 is 0.754 bits per heavy atom. The van der Waals surface area contributed by atoms with E-state index >= 15 is 0 Å². The second kappa shape index (κ2) is 14.9. The third kappa shape index (κ3) is 6.07. The van der Waals surface area contributed by atoms with E-state index < -0.39 is 0 Å². The Labute approximate surface area is 375 Å². The summed E-state index contributed by atoms with van der Waals surface area (Å²) in [6.07, 6.45) is 4.49. The van der Waals surface area contributed by atoms with Crippen molar-refractivity contribution in [2.75, 3.05) is 4.90 Å². The van der Waals surface area contributed by atoms with Crippen molar-refractivity contribution in [3.8, 4) is 45.3 Å². The average molecular weight is 831 g/mol. The quantitative estimate of drug-likeness (QED) is 0.167. The lowest BCUT2D eigenvalue weighted by molar-refractivity contribution is 1.02. The Morgan fingerprint density at radius 1 is 0.292 bits per heavy atom. The van der Waals surface area contributed by atoms with Gasteiger partial charge in [0.2, 0.25) is 5.95 Å². The first kappa shape index (κ1) is 36.8. The molecule has 0 aliphatic carbocycles. The molecule has 1 aliphatic heterocycles. The molecule has 4 heterocycles. The van der Waals surface area contributed by atoms with Crippen molar-refractivity contribution in [2.45, 2.75) is 0 Å². The Hall–Kier alpha value is -8.87. The molecular formula is C59H38N6. The van der Waals surface area contributed by atoms with Crippen LogP contribution in [0.2, 0.25) is 0 Å². The summed E-state index contributed by atoms with van der Waals surface area (Å²) >= 11 is 0. The highest BCUT2D eigenvalue weighted by Gasteiger charge is 2.27. The van der Waals surface area contributed by atoms with Crippen molar-refractivity contribution in [3.05, 3.63) is 230 Å². The van der Waals surface area contributed by atoms with E-state index in [1.807, 2.05) is 36.4 Å². The van der Waals surface area contributed by atoms with Crippen LogP contribution >= 0.6 is 0 Å². The molecule has 0 saturated heterocycles. The van der Waals surface area contributed by atoms with Gasteiger partial charge in [-0.15, -0.1) is 0 Å². The maximum absolute atomic E-state index is 5.33. The first-order valence-corrected chi connectivity index (χ1v) is 21.9. The lowest BCUT2D eigenvalue weighted by atomic mass is 9.99. The zero-order chi connectivity index (χ0) is 42.8. The van der Waals surface area contributed by atoms with Crippen LogP contribution in [0.4, 0.5) is 17.3 Å². The number of anilines is 3. The summed E-state index contributed by atoms with van der Waals surface area (Å²) in [6.45, 7) is 0. The number of aromatic nitrogens is 5. The maximum atomic E-state index is 5.33. The molecule has 9 aromatic carbocycles. The van der Waals surface area contributed by atoms with Gasteiger partial charge < -0.3 is 9.13 Å². The monoisotopic (exact) mass is 830 g/mol. The minimum Gasteiger partial charge on any atom is -0.309 e. The van der Waals surface area contributed by atoms with Gasteiger partial charge in [-0.2, -0.15) is 9.97 Å². The molecule has 6 heteroatoms. The van der Waals surface area contributed by atoms with Gasteiger partial charge in [0.15, 0.2) is 11.6 Å². The number of hydrogen-bond donors (Lipinski definition) is 0. The van der Waals surface area contributed by atoms with Crippen molar-refractivity contribution in [1.82, 2.24) is 24.1 Å². The van der Waals surface area contributed by atoms with Crippen LogP contribution in [0.1, 0.15) is 11.1 Å². The molecule has 0 radical (unpaired) electrons. The molecule has 6 nitrogen and oxygen atoms in total. The molecule has 65 heavy (non-hydrogen) atoms. The minimum absolute atomic E-state index is 0.540. The summed E-state index contributed by atoms with van der Waals surface area (Å²) in [7, 11) is 0. The molecule has 0 fully saturated rings. The fourth-order valence-corrected chi connectivity index (χ4v) is 9.70. The van der Waals surface area contributed by atoms with Gasteiger partial charge in [-0.25, -0.2) is 4.98 Å². The lowest BCUT2D eigenvalue weighted by Gasteiger charge is -2.26. The molecule has 0 N–H and O–H groups in total. The molecule has 0 amide bonds. The molecule has 12 aromatic rings. The Morgan fingerprint density at radius 3 is 1.35 bits per heavy atom. The van der Waals surface area contributed by atoms with E-state index in [0.29, 0.717) is 17.6 Å². The van der Waals surface area contributed by atoms with Crippen molar-refractivity contribution >= 4 is 73.1 Å². The highest BCUT2D eigenvalue weighted by atomic mass is 15.3. The molecule has 0 atom stereocenters. The molecule has 0 unspecified atom stereocenters. The van der Waals surface area contributed by atoms with Crippen LogP contribution in [0.15, 0.2) is 218 Å². The van der Waals surface area contributed by atoms with Crippen molar-refractivity contribution < 1.29 is 0 Å². The van der Waals surface area contributed by atoms with Gasteiger partial charge in [-0.3, -0.25) is 4.90 Å². The third-order valence-corrected chi connectivity index (χ3v) is 12.7. The number of rotatable bonds is 6. The van der Waals surface area contributed by atoms with E-state index in [1.165, 1.54) is 27.2 Å². The second-order valence-corrected chi connectivity index (χ2v) is 16.5. The number of benzene rings is 9. The van der Waals surface area contributed by atoms with Gasteiger partial charge in [-0.05, 0) is 89.5 Å². The predicted molar refractivity (Wildman–Crippen MR) is 268 cm³/mol. The Bertz CT molecular complexity index is 3760. The van der Waals surface area contributed by atoms with Crippen molar-refractivity contribution in [1.29, 1.82) is 0 Å². The molecular weight excluding hydrogens is 793 g/mol. The van der Waals surface area contributed by atoms with Crippen molar-refractivity contribution in [3.63, 3.8) is 0 Å². The van der Waals surface area contributed by atoms with Gasteiger partial charge in [0.1, 0.15) is 0 Å². The fraction of sp³-hybridized carbons (Fsp3) is 0. The minimum atomic E-state index is 0.540. The van der Waals surface area contributed by atoms with Crippen LogP contribution < -0.4 is 4.90 Å². The number of fused-ring (bicyclic) bond motifs is 8. The van der Waals surface area contributed by atoms with Crippen molar-refractivity contribution in [2.24, 2.45) is 0 Å². The molecule has 0 spiro atoms. The third-order valence-electron chi connectivity index (χ3n) is 12.7. The van der Waals surface area contributed by atoms with Crippen LogP contribution in [-0.2, 0) is 0 Å². The average Bonchev–Trinajstić information content (AvgIpc) is 3.82. The summed E-state index contributed by atoms with van der Waals surface area (Å²) in [5.41, 5.74) is 15.1. The van der Waals surface area contributed by atoms with E-state index in [-0.39, 0.29) is 0 Å². The first-order valence-electron chi connectivity index (χ1n) is 21.9. The lowest BCUT2D eigenvalue weighted by Crippen LogP contribution is -2.16. The van der Waals surface area contributed by atoms with Gasteiger partial charge in [-0.1, -0.05) is 158 Å². The van der Waals surface area contributed by atoms with Gasteiger partial charge in [0.25, 0.3) is 0 Å². The fourth-order valence-electron chi connectivity index (χ4n) is 9.70. The van der Waals surface area contributed by atoms with Gasteiger partial charge in [0, 0.05) is 49.6 Å². The maximum Gasteiger partial charge on any atom is 0.238 e. The Balaban J connectivity index is 1.05. The molecule has 13 rings (SSSR count). The summed E-state index contributed by atoms with van der Waals surface area (Å²) in [6, 6.07) is 77.2. The van der Waals surface area contributed by atoms with E-state index in [4.69, 9.17) is 15.0 Å². The zero-order valence-electron chi connectivity index (χ0n) is 35.1. The molecule has 1 aliphatic rings. The summed E-state index contributed by atoms with van der Waals surface area (Å²) < 4.78 is 4.73. The number of para-hydroxylation sites is 4. The van der Waals surface area contributed by atoms with Crippen LogP contribution in [-0.4, -0.2) is 24.1 Å². The summed E-state index contributed by atoms with van der Waals surface area (Å²) in [4.78, 5) is 18.0. The van der Waals surface area contributed by atoms with E-state index in [9.17, 15) is 0 Å². The standard InChI is InChI=1S/C59H38N6/c1-5-17-39(18-6-1)57-60-58(40-19-7-2-8-20-40)62-59(61-57)65-51-33-31-41(42-32-34-54-49(36-42)47-25-13-15-27-52(47)63(54)45-21-9-3-10-22-45)35-43(51)29-30-44-37-56-50(38-55(44)65)48-26-14-16-28-53(48)64(56)46-23-11-4-12-24-46/h1-38H. The van der Waals surface area contributed by atoms with Gasteiger partial charge in [0.05, 0.1) is 33.4 Å². The zero-order valence-corrected chi connectivity index (χ0v) is 35.1. The largest absolute Gasteiger partial charge is 0.309 e. The molecule has 0 saturated carbocycles. The number of hydrogen-bond acceptors (Lipinski definition) is 4. The van der Waals surface area contributed by atoms with Gasteiger partial charge >= 0.3 is 0 Å². The van der Waals surface area contributed by atoms with E-state index in [1.54, 1.807) is 0 Å². The molecule has 3 aromatic heterocycles. The first-order chi connectivity index (χ1) is 32.2. The highest BCUT2D eigenvalue weighted by Crippen LogP contribution is 2.46. The topological polar surface area (TPSA) is 51.8 Å². The Kier molecular flexibility index (Phi) is 8.42. The van der Waals surface area contributed by atoms with Crippen LogP contribution in [0.3, 0.4) is 0 Å². The van der Waals surface area contributed by atoms with E-state index in [2.05, 4.69) is 208 Å². The number of nitrogens with zero attached hydrogens (tertiary/aromatic N) is 6. The normalized spacial score (nSPS) is 12.2. The predicted octanol–water partition coefficient (Wildman–Crippen LogP) is 15.0.